The van der Waals surface area contributed by atoms with E-state index in [1.807, 2.05) is 24.3 Å². The molecular weight excluding hydrogens is 240 g/mol. The monoisotopic (exact) mass is 254 g/mol. The molecule has 96 valence electrons. The van der Waals surface area contributed by atoms with Crippen LogP contribution in [0.15, 0.2) is 47.1 Å². The molecule has 2 aromatic rings. The Morgan fingerprint density at radius 1 is 1.26 bits per heavy atom. The number of furan rings is 1. The van der Waals surface area contributed by atoms with E-state index >= 15 is 0 Å². The molecule has 1 aromatic heterocycles. The zero-order valence-electron chi connectivity index (χ0n) is 10.3. The first-order valence-electron chi connectivity index (χ1n) is 5.89. The molecule has 0 aliphatic heterocycles. The first-order chi connectivity index (χ1) is 9.29. The molecule has 0 aliphatic rings. The Labute approximate surface area is 111 Å². The lowest BCUT2D eigenvalue weighted by molar-refractivity contribution is 0.0923. The van der Waals surface area contributed by atoms with Gasteiger partial charge in [-0.25, -0.2) is 0 Å². The van der Waals surface area contributed by atoms with Crippen LogP contribution >= 0.6 is 0 Å². The fourth-order valence-corrected chi connectivity index (χ4v) is 1.54. The average molecular weight is 254 g/mol. The molecule has 0 spiro atoms. The largest absolute Gasteiger partial charge is 0.459 e. The van der Waals surface area contributed by atoms with Crippen molar-refractivity contribution in [3.8, 4) is 11.8 Å². The van der Waals surface area contributed by atoms with Crippen LogP contribution in [-0.4, -0.2) is 12.5 Å². The number of nitrogens with two attached hydrogens (primary N) is 1. The lowest BCUT2D eigenvalue weighted by Crippen LogP contribution is -2.22. The van der Waals surface area contributed by atoms with Gasteiger partial charge in [0.15, 0.2) is 5.76 Å². The fourth-order valence-electron chi connectivity index (χ4n) is 1.54. The van der Waals surface area contributed by atoms with E-state index in [-0.39, 0.29) is 5.91 Å². The number of benzene rings is 1. The molecule has 19 heavy (non-hydrogen) atoms. The van der Waals surface area contributed by atoms with Crippen molar-refractivity contribution in [2.24, 2.45) is 5.73 Å². The zero-order valence-corrected chi connectivity index (χ0v) is 10.3. The van der Waals surface area contributed by atoms with Crippen molar-refractivity contribution in [1.29, 1.82) is 0 Å². The van der Waals surface area contributed by atoms with E-state index in [0.717, 1.165) is 11.1 Å². The van der Waals surface area contributed by atoms with Crippen LogP contribution in [0.1, 0.15) is 21.7 Å². The molecule has 0 saturated carbocycles. The van der Waals surface area contributed by atoms with Crippen molar-refractivity contribution >= 4 is 5.91 Å². The summed E-state index contributed by atoms with van der Waals surface area (Å²) in [6.07, 6.45) is 1.47. The topological polar surface area (TPSA) is 68.3 Å². The van der Waals surface area contributed by atoms with Gasteiger partial charge in [-0.3, -0.25) is 4.79 Å². The van der Waals surface area contributed by atoms with Crippen LogP contribution in [0.5, 0.6) is 0 Å². The minimum Gasteiger partial charge on any atom is -0.459 e. The van der Waals surface area contributed by atoms with Crippen molar-refractivity contribution in [1.82, 2.24) is 5.32 Å². The quantitative estimate of drug-likeness (QED) is 0.816. The molecule has 4 heteroatoms. The molecule has 4 nitrogen and oxygen atoms in total. The Balaban J connectivity index is 1.91. The second-order valence-electron chi connectivity index (χ2n) is 3.86. The first kappa shape index (κ1) is 12.9. The van der Waals surface area contributed by atoms with E-state index in [1.54, 1.807) is 12.1 Å². The van der Waals surface area contributed by atoms with Crippen LogP contribution < -0.4 is 11.1 Å². The van der Waals surface area contributed by atoms with E-state index in [9.17, 15) is 4.79 Å². The Morgan fingerprint density at radius 2 is 2.05 bits per heavy atom. The lowest BCUT2D eigenvalue weighted by Gasteiger charge is -2.03. The van der Waals surface area contributed by atoms with Crippen molar-refractivity contribution < 1.29 is 9.21 Å². The highest BCUT2D eigenvalue weighted by Gasteiger charge is 2.07. The van der Waals surface area contributed by atoms with E-state index in [2.05, 4.69) is 17.2 Å². The molecule has 3 N–H and O–H groups in total. The van der Waals surface area contributed by atoms with Crippen molar-refractivity contribution in [3.05, 3.63) is 59.5 Å². The summed E-state index contributed by atoms with van der Waals surface area (Å²) < 4.78 is 5.00. The third-order valence-corrected chi connectivity index (χ3v) is 2.49. The van der Waals surface area contributed by atoms with Gasteiger partial charge in [-0.1, -0.05) is 24.0 Å². The maximum absolute atomic E-state index is 11.6. The molecule has 0 atom stereocenters. The number of rotatable bonds is 3. The predicted molar refractivity (Wildman–Crippen MR) is 72.3 cm³/mol. The van der Waals surface area contributed by atoms with E-state index in [1.165, 1.54) is 6.26 Å². The molecule has 0 aliphatic carbocycles. The SMILES string of the molecule is NCC#Cc1ccc(CNC(=O)c2ccco2)cc1. The Hall–Kier alpha value is -2.51. The van der Waals surface area contributed by atoms with Gasteiger partial charge in [0.05, 0.1) is 12.8 Å². The number of carbonyl (C=O) groups is 1. The Morgan fingerprint density at radius 3 is 2.68 bits per heavy atom. The summed E-state index contributed by atoms with van der Waals surface area (Å²) in [5.74, 6) is 5.82. The van der Waals surface area contributed by atoms with E-state index < -0.39 is 0 Å². The van der Waals surface area contributed by atoms with E-state index in [0.29, 0.717) is 18.8 Å². The highest BCUT2D eigenvalue weighted by molar-refractivity contribution is 5.91. The summed E-state index contributed by atoms with van der Waals surface area (Å²) >= 11 is 0. The average Bonchev–Trinajstić information content (AvgIpc) is 2.98. The standard InChI is InChI=1S/C15H14N2O2/c16-9-1-3-12-5-7-13(8-6-12)11-17-15(18)14-4-2-10-19-14/h2,4-8,10H,9,11,16H2,(H,17,18). The Kier molecular flexibility index (Phi) is 4.38. The fraction of sp³-hybridized carbons (Fsp3) is 0.133. The van der Waals surface area contributed by atoms with E-state index in [4.69, 9.17) is 10.2 Å². The molecule has 0 unspecified atom stereocenters. The number of nitrogens with one attached hydrogen (secondary N) is 1. The van der Waals surface area contributed by atoms with Crippen LogP contribution in [0.4, 0.5) is 0 Å². The summed E-state index contributed by atoms with van der Waals surface area (Å²) in [6, 6.07) is 10.9. The van der Waals surface area contributed by atoms with Crippen LogP contribution in [0, 0.1) is 11.8 Å². The normalized spacial score (nSPS) is 9.53. The smallest absolute Gasteiger partial charge is 0.287 e. The van der Waals surface area contributed by atoms with Gasteiger partial charge in [0.25, 0.3) is 5.91 Å². The predicted octanol–water partition coefficient (Wildman–Crippen LogP) is 1.52. The number of amides is 1. The van der Waals surface area contributed by atoms with Crippen LogP contribution in [0.3, 0.4) is 0 Å². The maximum Gasteiger partial charge on any atom is 0.287 e. The van der Waals surface area contributed by atoms with Gasteiger partial charge in [0, 0.05) is 12.1 Å². The number of hydrogen-bond donors (Lipinski definition) is 2. The number of carbonyl (C=O) groups excluding carboxylic acids is 1. The minimum absolute atomic E-state index is 0.225. The molecule has 0 fully saturated rings. The van der Waals surface area contributed by atoms with Crippen LogP contribution in [0.25, 0.3) is 0 Å². The Bertz CT molecular complexity index is 589. The van der Waals surface area contributed by atoms with Gasteiger partial charge in [-0.05, 0) is 29.8 Å². The summed E-state index contributed by atoms with van der Waals surface area (Å²) in [7, 11) is 0. The highest BCUT2D eigenvalue weighted by atomic mass is 16.3. The lowest BCUT2D eigenvalue weighted by atomic mass is 10.1. The maximum atomic E-state index is 11.6. The molecule has 1 heterocycles. The second-order valence-corrected chi connectivity index (χ2v) is 3.86. The summed E-state index contributed by atoms with van der Waals surface area (Å²) in [6.45, 7) is 0.797. The molecule has 0 saturated heterocycles. The van der Waals surface area contributed by atoms with Crippen molar-refractivity contribution in [3.63, 3.8) is 0 Å². The number of hydrogen-bond acceptors (Lipinski definition) is 3. The molecule has 2 rings (SSSR count). The van der Waals surface area contributed by atoms with Gasteiger partial charge < -0.3 is 15.5 Å². The third kappa shape index (κ3) is 3.73. The summed E-state index contributed by atoms with van der Waals surface area (Å²) in [5, 5.41) is 2.78. The van der Waals surface area contributed by atoms with Crippen LogP contribution in [0.2, 0.25) is 0 Å². The summed E-state index contributed by atoms with van der Waals surface area (Å²) in [4.78, 5) is 11.6. The zero-order chi connectivity index (χ0) is 13.5. The van der Waals surface area contributed by atoms with Crippen molar-refractivity contribution in [2.75, 3.05) is 6.54 Å². The molecule has 0 radical (unpaired) electrons. The minimum atomic E-state index is -0.225. The van der Waals surface area contributed by atoms with Gasteiger partial charge in [0.2, 0.25) is 0 Å². The summed E-state index contributed by atoms with van der Waals surface area (Å²) in [5.41, 5.74) is 7.21. The first-order valence-corrected chi connectivity index (χ1v) is 5.89. The van der Waals surface area contributed by atoms with Gasteiger partial charge >= 0.3 is 0 Å². The van der Waals surface area contributed by atoms with Crippen LogP contribution in [-0.2, 0) is 6.54 Å². The third-order valence-electron chi connectivity index (χ3n) is 2.49. The van der Waals surface area contributed by atoms with Gasteiger partial charge in [0.1, 0.15) is 0 Å². The molecule has 0 bridgehead atoms. The highest BCUT2D eigenvalue weighted by Crippen LogP contribution is 2.04. The molecular formula is C15H14N2O2. The van der Waals surface area contributed by atoms with Gasteiger partial charge in [-0.2, -0.15) is 0 Å². The second kappa shape index (κ2) is 6.43. The van der Waals surface area contributed by atoms with Crippen molar-refractivity contribution in [2.45, 2.75) is 6.54 Å². The molecule has 1 amide bonds. The van der Waals surface area contributed by atoms with Gasteiger partial charge in [-0.15, -0.1) is 0 Å². The molecule has 1 aromatic carbocycles.